The average Bonchev–Trinajstić information content (AvgIpc) is 2.83. The van der Waals surface area contributed by atoms with Crippen molar-refractivity contribution < 1.29 is 62.4 Å². The maximum atomic E-state index is 9.97. The molecule has 0 radical (unpaired) electrons. The van der Waals surface area contributed by atoms with Gasteiger partial charge in [-0.3, -0.25) is 0 Å². The number of aliphatic carboxylic acids is 3. The van der Waals surface area contributed by atoms with E-state index in [0.29, 0.717) is 0 Å². The Morgan fingerprint density at radius 3 is 0.824 bits per heavy atom. The van der Waals surface area contributed by atoms with E-state index in [-0.39, 0.29) is 32.7 Å². The van der Waals surface area contributed by atoms with Crippen LogP contribution in [0.3, 0.4) is 0 Å². The van der Waals surface area contributed by atoms with Crippen LogP contribution >= 0.6 is 0 Å². The van der Waals surface area contributed by atoms with Gasteiger partial charge in [-0.05, 0) is 34.9 Å². The van der Waals surface area contributed by atoms with Crippen molar-refractivity contribution >= 4 is 36.1 Å². The molecule has 0 unspecified atom stereocenters. The van der Waals surface area contributed by atoms with E-state index in [9.17, 15) is 29.7 Å². The first-order chi connectivity index (χ1) is 15.9. The molecule has 0 aromatic heterocycles. The third-order valence-corrected chi connectivity index (χ3v) is 3.63. The van der Waals surface area contributed by atoms with E-state index in [0.717, 1.165) is 34.9 Å². The van der Waals surface area contributed by atoms with E-state index >= 15 is 0 Å². The number of carboxylic acid groups (broad SMARTS) is 3. The molecule has 6 nitrogen and oxygen atoms in total. The van der Waals surface area contributed by atoms with Gasteiger partial charge in [-0.15, -0.1) is 0 Å². The van der Waals surface area contributed by atoms with Crippen LogP contribution < -0.4 is 15.3 Å². The monoisotopic (exact) mass is 530 g/mol. The smallest absolute Gasteiger partial charge is 0.545 e. The maximum Gasteiger partial charge on any atom is 3.00 e. The Kier molecular flexibility index (Phi) is 16.9. The van der Waals surface area contributed by atoms with E-state index in [1.54, 1.807) is 0 Å². The number of rotatable bonds is 6. The number of carbonyl (C=O) groups is 3. The van der Waals surface area contributed by atoms with Gasteiger partial charge in [0.05, 0.1) is 17.9 Å². The molecule has 0 spiro atoms. The summed E-state index contributed by atoms with van der Waals surface area (Å²) in [5.74, 6) is -3.52. The molecule has 3 rings (SSSR count). The largest absolute Gasteiger partial charge is 3.00 e. The third-order valence-electron chi connectivity index (χ3n) is 3.63. The van der Waals surface area contributed by atoms with Crippen LogP contribution in [-0.4, -0.2) is 17.9 Å². The van der Waals surface area contributed by atoms with Crippen LogP contribution in [0, 0.1) is 0 Å². The van der Waals surface area contributed by atoms with Gasteiger partial charge in [-0.25, -0.2) is 0 Å². The molecule has 7 heteroatoms. The molecule has 0 saturated carbocycles. The zero-order chi connectivity index (χ0) is 24.3. The second-order valence-corrected chi connectivity index (χ2v) is 6.19. The predicted octanol–water partition coefficient (Wildman–Crippen LogP) is 1.35. The minimum atomic E-state index is -1.17. The van der Waals surface area contributed by atoms with E-state index in [2.05, 4.69) is 0 Å². The van der Waals surface area contributed by atoms with Crippen molar-refractivity contribution in [3.05, 3.63) is 126 Å². The van der Waals surface area contributed by atoms with Gasteiger partial charge in [0.15, 0.2) is 0 Å². The zero-order valence-electron chi connectivity index (χ0n) is 18.2. The van der Waals surface area contributed by atoms with Gasteiger partial charge in [0, 0.05) is 0 Å². The first kappa shape index (κ1) is 30.4. The minimum absolute atomic E-state index is 0. The van der Waals surface area contributed by atoms with Crippen molar-refractivity contribution in [1.82, 2.24) is 0 Å². The summed E-state index contributed by atoms with van der Waals surface area (Å²) in [4.78, 5) is 29.9. The summed E-state index contributed by atoms with van der Waals surface area (Å²) in [7, 11) is 0. The topological polar surface area (TPSA) is 120 Å². The van der Waals surface area contributed by atoms with E-state index in [1.165, 1.54) is 18.2 Å². The molecule has 0 amide bonds. The maximum absolute atomic E-state index is 9.97. The third kappa shape index (κ3) is 17.0. The minimum Gasteiger partial charge on any atom is -0.545 e. The van der Waals surface area contributed by atoms with Crippen molar-refractivity contribution in [2.75, 3.05) is 0 Å². The molecule has 0 bridgehead atoms. The fourth-order valence-corrected chi connectivity index (χ4v) is 2.19. The van der Waals surface area contributed by atoms with Gasteiger partial charge < -0.3 is 29.7 Å². The molecule has 0 heterocycles. The molecule has 0 saturated heterocycles. The molecule has 0 aliphatic carbocycles. The normalized spacial score (nSPS) is 9.88. The summed E-state index contributed by atoms with van der Waals surface area (Å²) in [5, 5.41) is 29.9. The van der Waals surface area contributed by atoms with Crippen LogP contribution in [-0.2, 0) is 47.1 Å². The number of benzene rings is 3. The first-order valence-corrected chi connectivity index (χ1v) is 9.69. The van der Waals surface area contributed by atoms with Crippen LogP contribution in [0.25, 0.3) is 18.2 Å². The summed E-state index contributed by atoms with van der Waals surface area (Å²) in [6, 6.07) is 27.6. The van der Waals surface area contributed by atoms with Crippen molar-refractivity contribution in [3.8, 4) is 0 Å². The fraction of sp³-hybridized carbons (Fsp3) is 0. The molecule has 3 aromatic rings. The fourth-order valence-electron chi connectivity index (χ4n) is 2.19. The van der Waals surface area contributed by atoms with Crippen LogP contribution in [0.4, 0.5) is 0 Å². The van der Waals surface area contributed by atoms with Gasteiger partial charge >= 0.3 is 32.7 Å². The van der Waals surface area contributed by atoms with Gasteiger partial charge in [0.1, 0.15) is 0 Å². The molecular weight excluding hydrogens is 509 g/mol. The van der Waals surface area contributed by atoms with Gasteiger partial charge in [0.25, 0.3) is 0 Å². The molecule has 0 N–H and O–H groups in total. The molecular formula is C27H21O6Y. The molecule has 168 valence electrons. The standard InChI is InChI=1S/3C9H8O2.Y/c3*10-9(11)7-6-8-4-2-1-3-5-8;/h3*1-7H,(H,10,11);/q;;;+3/p-3/b3*7-6+;. The summed E-state index contributed by atoms with van der Waals surface area (Å²) in [6.45, 7) is 0. The van der Waals surface area contributed by atoms with Crippen LogP contribution in [0.5, 0.6) is 0 Å². The van der Waals surface area contributed by atoms with Crippen LogP contribution in [0.2, 0.25) is 0 Å². The second-order valence-electron chi connectivity index (χ2n) is 6.19. The second kappa shape index (κ2) is 18.9. The average molecular weight is 530 g/mol. The molecule has 0 atom stereocenters. The van der Waals surface area contributed by atoms with Crippen LogP contribution in [0.1, 0.15) is 16.7 Å². The van der Waals surface area contributed by atoms with Crippen molar-refractivity contribution in [2.24, 2.45) is 0 Å². The summed E-state index contributed by atoms with van der Waals surface area (Å²) in [5.41, 5.74) is 2.57. The Balaban J connectivity index is 0.000000473. The Labute approximate surface area is 223 Å². The molecule has 0 fully saturated rings. The number of hydrogen-bond donors (Lipinski definition) is 0. The van der Waals surface area contributed by atoms with E-state index in [4.69, 9.17) is 0 Å². The summed E-state index contributed by atoms with van der Waals surface area (Å²) >= 11 is 0. The number of hydrogen-bond acceptors (Lipinski definition) is 6. The summed E-state index contributed by atoms with van der Waals surface area (Å²) < 4.78 is 0. The molecule has 0 aliphatic rings. The van der Waals surface area contributed by atoms with E-state index < -0.39 is 17.9 Å². The van der Waals surface area contributed by atoms with Gasteiger partial charge in [-0.2, -0.15) is 0 Å². The Bertz CT molecular complexity index is 934. The quantitative estimate of drug-likeness (QED) is 0.444. The van der Waals surface area contributed by atoms with Gasteiger partial charge in [-0.1, -0.05) is 109 Å². The SMILES string of the molecule is O=C([O-])/C=C/c1ccccc1.O=C([O-])/C=C/c1ccccc1.O=C([O-])/C=C/c1ccccc1.[Y+3]. The Hall–Kier alpha value is -3.61. The van der Waals surface area contributed by atoms with Crippen molar-refractivity contribution in [2.45, 2.75) is 0 Å². The molecule has 34 heavy (non-hydrogen) atoms. The van der Waals surface area contributed by atoms with E-state index in [1.807, 2.05) is 91.0 Å². The number of carbonyl (C=O) groups excluding carboxylic acids is 3. The first-order valence-electron chi connectivity index (χ1n) is 9.69. The zero-order valence-corrected chi connectivity index (χ0v) is 21.0. The molecule has 3 aromatic carbocycles. The van der Waals surface area contributed by atoms with Gasteiger partial charge in [0.2, 0.25) is 0 Å². The van der Waals surface area contributed by atoms with Crippen molar-refractivity contribution in [1.29, 1.82) is 0 Å². The predicted molar refractivity (Wildman–Crippen MR) is 121 cm³/mol. The molecule has 0 aliphatic heterocycles. The summed E-state index contributed by atoms with van der Waals surface area (Å²) in [6.07, 6.45) is 7.51. The van der Waals surface area contributed by atoms with Crippen LogP contribution in [0.15, 0.2) is 109 Å². The van der Waals surface area contributed by atoms with Crippen molar-refractivity contribution in [3.63, 3.8) is 0 Å². The number of carboxylic acids is 3. The Morgan fingerprint density at radius 2 is 0.647 bits per heavy atom. The Morgan fingerprint density at radius 1 is 0.441 bits per heavy atom.